The highest BCUT2D eigenvalue weighted by molar-refractivity contribution is 6.11. The van der Waals surface area contributed by atoms with Crippen molar-refractivity contribution in [2.75, 3.05) is 24.4 Å². The van der Waals surface area contributed by atoms with E-state index in [-0.39, 0.29) is 5.91 Å². The molecule has 0 spiro atoms. The van der Waals surface area contributed by atoms with Crippen LogP contribution in [0.5, 0.6) is 0 Å². The summed E-state index contributed by atoms with van der Waals surface area (Å²) in [5.74, 6) is -0.463. The van der Waals surface area contributed by atoms with Crippen molar-refractivity contribution in [1.82, 2.24) is 0 Å². The third kappa shape index (κ3) is 1.72. The van der Waals surface area contributed by atoms with Crippen molar-refractivity contribution in [1.29, 1.82) is 0 Å². The molecule has 1 aromatic rings. The summed E-state index contributed by atoms with van der Waals surface area (Å²) in [5, 5.41) is 3.11. The maximum absolute atomic E-state index is 12.1. The summed E-state index contributed by atoms with van der Waals surface area (Å²) < 4.78 is 4.75. The van der Waals surface area contributed by atoms with Gasteiger partial charge < -0.3 is 15.0 Å². The lowest BCUT2D eigenvalue weighted by atomic mass is 9.96. The molecular formula is C13H16N2O3. The normalized spacial score (nSPS) is 16.9. The van der Waals surface area contributed by atoms with Crippen LogP contribution in [-0.4, -0.2) is 31.6 Å². The van der Waals surface area contributed by atoms with Gasteiger partial charge in [0.2, 0.25) is 0 Å². The molecule has 0 unspecified atom stereocenters. The predicted octanol–water partition coefficient (Wildman–Crippen LogP) is 1.64. The van der Waals surface area contributed by atoms with Gasteiger partial charge in [-0.2, -0.15) is 0 Å². The minimum atomic E-state index is -0.744. The number of carbonyl (C=O) groups is 2. The second-order valence-corrected chi connectivity index (χ2v) is 4.81. The molecular weight excluding hydrogens is 232 g/mol. The van der Waals surface area contributed by atoms with Crippen LogP contribution in [0.4, 0.5) is 11.4 Å². The zero-order valence-corrected chi connectivity index (χ0v) is 10.9. The predicted molar refractivity (Wildman–Crippen MR) is 68.9 cm³/mol. The molecule has 0 saturated heterocycles. The fourth-order valence-corrected chi connectivity index (χ4v) is 2.13. The van der Waals surface area contributed by atoms with Crippen molar-refractivity contribution in [3.8, 4) is 0 Å². The number of hydrogen-bond acceptors (Lipinski definition) is 4. The van der Waals surface area contributed by atoms with E-state index in [4.69, 9.17) is 4.74 Å². The van der Waals surface area contributed by atoms with E-state index < -0.39 is 11.5 Å². The Kier molecular flexibility index (Phi) is 2.77. The number of para-hydroxylation sites is 1. The second-order valence-electron chi connectivity index (χ2n) is 4.81. The van der Waals surface area contributed by atoms with Gasteiger partial charge in [0, 0.05) is 7.05 Å². The lowest BCUT2D eigenvalue weighted by Gasteiger charge is -2.38. The number of ether oxygens (including phenoxy) is 1. The highest BCUT2D eigenvalue weighted by Crippen LogP contribution is 2.37. The lowest BCUT2D eigenvalue weighted by Crippen LogP contribution is -2.52. The van der Waals surface area contributed by atoms with Gasteiger partial charge in [0.1, 0.15) is 5.54 Å². The number of fused-ring (bicyclic) bond motifs is 1. The van der Waals surface area contributed by atoms with E-state index in [0.717, 1.165) is 0 Å². The van der Waals surface area contributed by atoms with E-state index in [1.807, 2.05) is 0 Å². The van der Waals surface area contributed by atoms with Crippen LogP contribution in [0.25, 0.3) is 0 Å². The standard InChI is InChI=1S/C13H16N2O3/c1-13(2)12(17)15(3)9-7-5-6-8(10(9)14-13)11(16)18-4/h5-7,14H,1-4H3. The first-order valence-electron chi connectivity index (χ1n) is 5.66. The number of esters is 1. The molecule has 0 aliphatic carbocycles. The number of amides is 1. The third-order valence-electron chi connectivity index (χ3n) is 3.09. The molecule has 5 heteroatoms. The van der Waals surface area contributed by atoms with E-state index in [0.29, 0.717) is 16.9 Å². The number of nitrogens with one attached hydrogen (secondary N) is 1. The van der Waals surface area contributed by atoms with Crippen molar-refractivity contribution in [2.24, 2.45) is 0 Å². The number of carbonyl (C=O) groups excluding carboxylic acids is 2. The first kappa shape index (κ1) is 12.4. The zero-order valence-electron chi connectivity index (χ0n) is 10.9. The molecule has 0 fully saturated rings. The van der Waals surface area contributed by atoms with E-state index >= 15 is 0 Å². The van der Waals surface area contributed by atoms with Crippen LogP contribution in [0, 0.1) is 0 Å². The van der Waals surface area contributed by atoms with Crippen LogP contribution in [0.1, 0.15) is 24.2 Å². The first-order valence-corrected chi connectivity index (χ1v) is 5.66. The summed E-state index contributed by atoms with van der Waals surface area (Å²) in [4.78, 5) is 25.4. The molecule has 1 N–H and O–H groups in total. The first-order chi connectivity index (χ1) is 8.38. The minimum absolute atomic E-state index is 0.0444. The molecule has 1 aromatic carbocycles. The second kappa shape index (κ2) is 4.01. The molecule has 1 heterocycles. The number of hydrogen-bond donors (Lipinski definition) is 1. The molecule has 0 bridgehead atoms. The fraction of sp³-hybridized carbons (Fsp3) is 0.385. The fourth-order valence-electron chi connectivity index (χ4n) is 2.13. The monoisotopic (exact) mass is 248 g/mol. The van der Waals surface area contributed by atoms with Crippen molar-refractivity contribution < 1.29 is 14.3 Å². The molecule has 1 amide bonds. The Hall–Kier alpha value is -2.04. The molecule has 5 nitrogen and oxygen atoms in total. The van der Waals surface area contributed by atoms with Gasteiger partial charge in [-0.25, -0.2) is 4.79 Å². The van der Waals surface area contributed by atoms with Gasteiger partial charge in [0.15, 0.2) is 0 Å². The van der Waals surface area contributed by atoms with Gasteiger partial charge in [0.05, 0.1) is 24.0 Å². The third-order valence-corrected chi connectivity index (χ3v) is 3.09. The number of benzene rings is 1. The Labute approximate surface area is 106 Å². The van der Waals surface area contributed by atoms with Crippen LogP contribution in [0.2, 0.25) is 0 Å². The Morgan fingerprint density at radius 3 is 2.67 bits per heavy atom. The summed E-state index contributed by atoms with van der Waals surface area (Å²) in [5.41, 5.74) is 1.01. The van der Waals surface area contributed by atoms with Gasteiger partial charge in [-0.1, -0.05) is 6.07 Å². The van der Waals surface area contributed by atoms with Gasteiger partial charge >= 0.3 is 5.97 Å². The topological polar surface area (TPSA) is 58.6 Å². The average molecular weight is 248 g/mol. The largest absolute Gasteiger partial charge is 0.465 e. The van der Waals surface area contributed by atoms with Gasteiger partial charge in [-0.3, -0.25) is 4.79 Å². The Morgan fingerprint density at radius 2 is 2.06 bits per heavy atom. The molecule has 1 aliphatic heterocycles. The zero-order chi connectivity index (χ0) is 13.5. The Balaban J connectivity index is 2.61. The lowest BCUT2D eigenvalue weighted by molar-refractivity contribution is -0.121. The number of nitrogens with zero attached hydrogens (tertiary/aromatic N) is 1. The SMILES string of the molecule is COC(=O)c1cccc2c1NC(C)(C)C(=O)N2C. The highest BCUT2D eigenvalue weighted by atomic mass is 16.5. The van der Waals surface area contributed by atoms with E-state index in [1.165, 1.54) is 7.11 Å². The van der Waals surface area contributed by atoms with Crippen molar-refractivity contribution >= 4 is 23.3 Å². The smallest absolute Gasteiger partial charge is 0.340 e. The summed E-state index contributed by atoms with van der Waals surface area (Å²) in [6, 6.07) is 5.20. The molecule has 1 aliphatic rings. The molecule has 0 saturated carbocycles. The molecule has 96 valence electrons. The van der Waals surface area contributed by atoms with Crippen molar-refractivity contribution in [3.63, 3.8) is 0 Å². The summed E-state index contributed by atoms with van der Waals surface area (Å²) in [6.07, 6.45) is 0. The van der Waals surface area contributed by atoms with Crippen LogP contribution in [-0.2, 0) is 9.53 Å². The molecule has 0 radical (unpaired) electrons. The maximum Gasteiger partial charge on any atom is 0.340 e. The quantitative estimate of drug-likeness (QED) is 0.768. The molecule has 2 rings (SSSR count). The molecule has 18 heavy (non-hydrogen) atoms. The number of rotatable bonds is 1. The summed E-state index contributed by atoms with van der Waals surface area (Å²) in [7, 11) is 3.04. The summed E-state index contributed by atoms with van der Waals surface area (Å²) >= 11 is 0. The van der Waals surface area contributed by atoms with Gasteiger partial charge in [-0.15, -0.1) is 0 Å². The molecule has 0 aromatic heterocycles. The number of methoxy groups -OCH3 is 1. The van der Waals surface area contributed by atoms with E-state index in [9.17, 15) is 9.59 Å². The molecule has 0 atom stereocenters. The van der Waals surface area contributed by atoms with Crippen LogP contribution in [0.3, 0.4) is 0 Å². The van der Waals surface area contributed by atoms with Crippen molar-refractivity contribution in [2.45, 2.75) is 19.4 Å². The van der Waals surface area contributed by atoms with Crippen molar-refractivity contribution in [3.05, 3.63) is 23.8 Å². The number of anilines is 2. The van der Waals surface area contributed by atoms with Crippen LogP contribution < -0.4 is 10.2 Å². The maximum atomic E-state index is 12.1. The Bertz CT molecular complexity index is 523. The van der Waals surface area contributed by atoms with Gasteiger partial charge in [-0.05, 0) is 26.0 Å². The highest BCUT2D eigenvalue weighted by Gasteiger charge is 2.38. The van der Waals surface area contributed by atoms with Gasteiger partial charge in [0.25, 0.3) is 5.91 Å². The summed E-state index contributed by atoms with van der Waals surface area (Å²) in [6.45, 7) is 3.56. The van der Waals surface area contributed by atoms with Crippen LogP contribution >= 0.6 is 0 Å². The van der Waals surface area contributed by atoms with E-state index in [2.05, 4.69) is 5.32 Å². The average Bonchev–Trinajstić information content (AvgIpc) is 2.34. The number of likely N-dealkylation sites (N-methyl/N-ethyl adjacent to an activating group) is 1. The van der Waals surface area contributed by atoms with Crippen LogP contribution in [0.15, 0.2) is 18.2 Å². The van der Waals surface area contributed by atoms with E-state index in [1.54, 1.807) is 44.0 Å². The minimum Gasteiger partial charge on any atom is -0.465 e. The Morgan fingerprint density at radius 1 is 1.39 bits per heavy atom.